The van der Waals surface area contributed by atoms with E-state index >= 15 is 0 Å². The topological polar surface area (TPSA) is 107 Å². The lowest BCUT2D eigenvalue weighted by Gasteiger charge is -2.35. The number of rotatable bonds is 3. The molecule has 100 valence electrons. The van der Waals surface area contributed by atoms with Crippen LogP contribution in [0.3, 0.4) is 0 Å². The lowest BCUT2D eigenvalue weighted by molar-refractivity contribution is -0.101. The van der Waals surface area contributed by atoms with E-state index in [2.05, 4.69) is 22.7 Å². The van der Waals surface area contributed by atoms with E-state index in [1.165, 1.54) is 17.4 Å². The van der Waals surface area contributed by atoms with Gasteiger partial charge in [-0.2, -0.15) is 10.4 Å². The molecule has 0 aromatic carbocycles. The molecule has 0 amide bonds. The first-order valence-corrected chi connectivity index (χ1v) is 5.86. The van der Waals surface area contributed by atoms with Gasteiger partial charge in [0.2, 0.25) is 5.72 Å². The van der Waals surface area contributed by atoms with Gasteiger partial charge in [-0.1, -0.05) is 12.7 Å². The molecule has 7 nitrogen and oxygen atoms in total. The van der Waals surface area contributed by atoms with Gasteiger partial charge in [0.1, 0.15) is 18.1 Å². The molecule has 7 heteroatoms. The summed E-state index contributed by atoms with van der Waals surface area (Å²) in [7, 11) is 0. The van der Waals surface area contributed by atoms with Gasteiger partial charge in [0.15, 0.2) is 5.84 Å². The fourth-order valence-corrected chi connectivity index (χ4v) is 2.10. The number of amidine groups is 1. The summed E-state index contributed by atoms with van der Waals surface area (Å²) in [6.07, 6.45) is 5.05. The Morgan fingerprint density at radius 1 is 1.79 bits per heavy atom. The summed E-state index contributed by atoms with van der Waals surface area (Å²) in [5, 5.41) is 24.1. The molecule has 0 spiro atoms. The first kappa shape index (κ1) is 13.3. The highest BCUT2D eigenvalue weighted by atomic mass is 16.5. The highest BCUT2D eigenvalue weighted by Crippen LogP contribution is 2.36. The van der Waals surface area contributed by atoms with Crippen LogP contribution < -0.4 is 5.73 Å². The van der Waals surface area contributed by atoms with Crippen molar-refractivity contribution in [1.82, 2.24) is 5.01 Å². The van der Waals surface area contributed by atoms with E-state index in [1.54, 1.807) is 6.08 Å². The smallest absolute Gasteiger partial charge is 0.250 e. The average Bonchev–Trinajstić information content (AvgIpc) is 2.86. The van der Waals surface area contributed by atoms with Crippen LogP contribution in [-0.4, -0.2) is 40.7 Å². The minimum absolute atomic E-state index is 0.134. The Morgan fingerprint density at radius 3 is 3.16 bits per heavy atom. The van der Waals surface area contributed by atoms with Crippen molar-refractivity contribution in [2.24, 2.45) is 15.8 Å². The van der Waals surface area contributed by atoms with Crippen molar-refractivity contribution < 1.29 is 9.84 Å². The summed E-state index contributed by atoms with van der Waals surface area (Å²) in [5.74, 6) is 0.237. The Kier molecular flexibility index (Phi) is 3.64. The van der Waals surface area contributed by atoms with Crippen molar-refractivity contribution in [2.75, 3.05) is 6.61 Å². The van der Waals surface area contributed by atoms with E-state index in [1.807, 2.05) is 0 Å². The maximum Gasteiger partial charge on any atom is 0.250 e. The van der Waals surface area contributed by atoms with E-state index in [0.717, 1.165) is 0 Å². The molecule has 2 atom stereocenters. The molecule has 19 heavy (non-hydrogen) atoms. The second-order valence-corrected chi connectivity index (χ2v) is 4.20. The third-order valence-electron chi connectivity index (χ3n) is 3.02. The summed E-state index contributed by atoms with van der Waals surface area (Å²) in [6.45, 7) is 3.47. The van der Waals surface area contributed by atoms with E-state index in [4.69, 9.17) is 15.6 Å². The maximum atomic E-state index is 9.45. The first-order valence-electron chi connectivity index (χ1n) is 5.86. The Balaban J connectivity index is 2.36. The van der Waals surface area contributed by atoms with Gasteiger partial charge < -0.3 is 15.6 Å². The molecule has 2 aliphatic heterocycles. The number of hydrazone groups is 1. The Morgan fingerprint density at radius 2 is 2.58 bits per heavy atom. The molecule has 1 unspecified atom stereocenters. The second-order valence-electron chi connectivity index (χ2n) is 4.20. The van der Waals surface area contributed by atoms with Crippen molar-refractivity contribution >= 4 is 12.2 Å². The summed E-state index contributed by atoms with van der Waals surface area (Å²) < 4.78 is 5.63. The molecule has 0 aliphatic carbocycles. The molecule has 0 bridgehead atoms. The quantitative estimate of drug-likeness (QED) is 0.747. The van der Waals surface area contributed by atoms with Crippen LogP contribution in [0, 0.1) is 11.3 Å². The number of nitrogens with zero attached hydrogens (tertiary/aromatic N) is 4. The van der Waals surface area contributed by atoms with Gasteiger partial charge in [-0.25, -0.2) is 10.0 Å². The van der Waals surface area contributed by atoms with Gasteiger partial charge in [-0.15, -0.1) is 0 Å². The van der Waals surface area contributed by atoms with E-state index in [9.17, 15) is 5.26 Å². The Labute approximate surface area is 111 Å². The first-order chi connectivity index (χ1) is 9.16. The van der Waals surface area contributed by atoms with E-state index in [-0.39, 0.29) is 18.5 Å². The summed E-state index contributed by atoms with van der Waals surface area (Å²) in [5.41, 5.74) is 4.98. The number of aliphatic hydroxyl groups excluding tert-OH is 1. The van der Waals surface area contributed by atoms with Crippen LogP contribution in [0.25, 0.3) is 0 Å². The summed E-state index contributed by atoms with van der Waals surface area (Å²) in [6, 6.07) is 2.11. The monoisotopic (exact) mass is 261 g/mol. The van der Waals surface area contributed by atoms with Gasteiger partial charge in [-0.05, 0) is 12.5 Å². The van der Waals surface area contributed by atoms with Crippen LogP contribution in [0.15, 0.2) is 34.5 Å². The molecule has 1 fully saturated rings. The number of ether oxygens (including phenoxy) is 1. The van der Waals surface area contributed by atoms with Crippen molar-refractivity contribution in [2.45, 2.75) is 24.7 Å². The predicted molar refractivity (Wildman–Crippen MR) is 69.8 cm³/mol. The lowest BCUT2D eigenvalue weighted by atomic mass is 10.1. The van der Waals surface area contributed by atoms with Crippen molar-refractivity contribution in [3.05, 3.63) is 24.4 Å². The standard InChI is InChI=1S/C12H15N5O2/c1-2-3-10-11(14)15-8-16-17(10)12(7-13)5-4-9(6-18)19-12/h2-3,8-9,18H,1,4-6H2,(H2,14,15,16)/b10-3-/t9?,12-/m0/s1. The lowest BCUT2D eigenvalue weighted by Crippen LogP contribution is -2.48. The van der Waals surface area contributed by atoms with E-state index < -0.39 is 5.72 Å². The molecule has 2 heterocycles. The van der Waals surface area contributed by atoms with Crippen LogP contribution in [0.2, 0.25) is 0 Å². The van der Waals surface area contributed by atoms with Crippen LogP contribution >= 0.6 is 0 Å². The van der Waals surface area contributed by atoms with Crippen molar-refractivity contribution in [1.29, 1.82) is 5.26 Å². The number of hydrogen-bond acceptors (Lipinski definition) is 7. The maximum absolute atomic E-state index is 9.45. The summed E-state index contributed by atoms with van der Waals surface area (Å²) >= 11 is 0. The molecular formula is C12H15N5O2. The molecule has 0 radical (unpaired) electrons. The fraction of sp³-hybridized carbons (Fsp3) is 0.417. The average molecular weight is 261 g/mol. The third kappa shape index (κ3) is 2.23. The SMILES string of the molecule is C=C/C=C1/C(N)=NC=NN1[C@@]1(C#N)CCC(CO)O1. The Bertz CT molecular complexity index is 505. The molecule has 0 aromatic rings. The second kappa shape index (κ2) is 5.22. The van der Waals surface area contributed by atoms with Gasteiger partial charge in [0.25, 0.3) is 0 Å². The van der Waals surface area contributed by atoms with Gasteiger partial charge >= 0.3 is 0 Å². The highest BCUT2D eigenvalue weighted by Gasteiger charge is 2.48. The minimum Gasteiger partial charge on any atom is -0.394 e. The molecule has 1 saturated heterocycles. The number of nitriles is 1. The number of aliphatic imine (C=N–C) groups is 1. The van der Waals surface area contributed by atoms with E-state index in [0.29, 0.717) is 18.5 Å². The van der Waals surface area contributed by atoms with Crippen LogP contribution in [0.5, 0.6) is 0 Å². The van der Waals surface area contributed by atoms with Crippen molar-refractivity contribution in [3.63, 3.8) is 0 Å². The number of nitrogens with two attached hydrogens (primary N) is 1. The van der Waals surface area contributed by atoms with Crippen LogP contribution in [0.1, 0.15) is 12.8 Å². The molecule has 0 aromatic heterocycles. The van der Waals surface area contributed by atoms with Crippen LogP contribution in [-0.2, 0) is 4.74 Å². The largest absolute Gasteiger partial charge is 0.394 e. The van der Waals surface area contributed by atoms with Crippen LogP contribution in [0.4, 0.5) is 0 Å². The zero-order chi connectivity index (χ0) is 13.9. The zero-order valence-electron chi connectivity index (χ0n) is 10.4. The fourth-order valence-electron chi connectivity index (χ4n) is 2.10. The zero-order valence-corrected chi connectivity index (χ0v) is 10.4. The minimum atomic E-state index is -1.26. The molecule has 3 N–H and O–H groups in total. The molecule has 2 rings (SSSR count). The highest BCUT2D eigenvalue weighted by molar-refractivity contribution is 6.01. The molecule has 2 aliphatic rings. The number of aliphatic hydroxyl groups is 1. The van der Waals surface area contributed by atoms with Gasteiger partial charge in [-0.3, -0.25) is 0 Å². The summed E-state index contributed by atoms with van der Waals surface area (Å²) in [4.78, 5) is 3.89. The third-order valence-corrected chi connectivity index (χ3v) is 3.02. The number of hydrogen-bond donors (Lipinski definition) is 2. The van der Waals surface area contributed by atoms with Gasteiger partial charge in [0.05, 0.1) is 12.7 Å². The molecule has 0 saturated carbocycles. The molecular weight excluding hydrogens is 246 g/mol. The van der Waals surface area contributed by atoms with Crippen molar-refractivity contribution in [3.8, 4) is 6.07 Å². The number of allylic oxidation sites excluding steroid dienone is 2. The Hall–Kier alpha value is -2.17. The normalized spacial score (nSPS) is 32.2. The predicted octanol–water partition coefficient (Wildman–Crippen LogP) is 0.0636. The van der Waals surface area contributed by atoms with Gasteiger partial charge in [0, 0.05) is 6.42 Å².